The lowest BCUT2D eigenvalue weighted by atomic mass is 9.94. The van der Waals surface area contributed by atoms with Crippen molar-refractivity contribution in [2.24, 2.45) is 0 Å². The normalized spacial score (nSPS) is 13.8. The van der Waals surface area contributed by atoms with Crippen LogP contribution < -0.4 is 5.32 Å². The molecular formula is C21H36N2O3. The first-order valence-electron chi connectivity index (χ1n) is 9.92. The Bertz CT molecular complexity index is 472. The summed E-state index contributed by atoms with van der Waals surface area (Å²) < 4.78 is 5.10. The summed E-state index contributed by atoms with van der Waals surface area (Å²) in [6, 6.07) is 1.61. The van der Waals surface area contributed by atoms with Crippen LogP contribution >= 0.6 is 0 Å². The zero-order valence-corrected chi connectivity index (χ0v) is 16.8. The zero-order chi connectivity index (χ0) is 19.7. The highest BCUT2D eigenvalue weighted by Gasteiger charge is 2.22. The highest BCUT2D eigenvalue weighted by Crippen LogP contribution is 2.18. The summed E-state index contributed by atoms with van der Waals surface area (Å²) in [7, 11) is 0. The van der Waals surface area contributed by atoms with Gasteiger partial charge in [0, 0.05) is 19.3 Å². The van der Waals surface area contributed by atoms with E-state index in [4.69, 9.17) is 10.00 Å². The predicted octanol–water partition coefficient (Wildman–Crippen LogP) is 3.71. The van der Waals surface area contributed by atoms with E-state index in [2.05, 4.69) is 30.2 Å². The molecule has 0 aromatic rings. The Morgan fingerprint density at radius 2 is 1.92 bits per heavy atom. The molecule has 5 heteroatoms. The number of rotatable bonds is 14. The second-order valence-corrected chi connectivity index (χ2v) is 6.89. The first kappa shape index (κ1) is 24.4. The van der Waals surface area contributed by atoms with Crippen molar-refractivity contribution in [3.8, 4) is 17.9 Å². The van der Waals surface area contributed by atoms with Crippen molar-refractivity contribution in [1.29, 1.82) is 5.26 Å². The molecule has 0 aliphatic rings. The molecule has 0 aromatic carbocycles. The minimum atomic E-state index is -0.719. The Kier molecular flexibility index (Phi) is 14.7. The Hall–Kier alpha value is -1.56. The second kappa shape index (κ2) is 15.7. The lowest BCUT2D eigenvalue weighted by molar-refractivity contribution is -0.145. The molecular weight excluding hydrogens is 328 g/mol. The number of carbonyl (C=O) groups excluding carboxylic acids is 1. The Balaban J connectivity index is 4.32. The average Bonchev–Trinajstić information content (AvgIpc) is 2.60. The van der Waals surface area contributed by atoms with Crippen LogP contribution in [0.5, 0.6) is 0 Å². The van der Waals surface area contributed by atoms with Crippen molar-refractivity contribution in [2.75, 3.05) is 13.2 Å². The van der Waals surface area contributed by atoms with E-state index in [1.807, 2.05) is 6.92 Å². The van der Waals surface area contributed by atoms with Gasteiger partial charge in [0.05, 0.1) is 18.3 Å². The smallest absolute Gasteiger partial charge is 0.324 e. The number of nitrogens with zero attached hydrogens (tertiary/aromatic N) is 1. The SMILES string of the molecule is CCCCCCC(C)(O)CCNC(CC#CCCCC#N)C(=O)OCC. The van der Waals surface area contributed by atoms with Crippen molar-refractivity contribution < 1.29 is 14.6 Å². The van der Waals surface area contributed by atoms with Crippen LogP contribution in [0.4, 0.5) is 0 Å². The van der Waals surface area contributed by atoms with Crippen molar-refractivity contribution >= 4 is 5.97 Å². The van der Waals surface area contributed by atoms with Gasteiger partial charge in [-0.15, -0.1) is 11.8 Å². The van der Waals surface area contributed by atoms with Crippen molar-refractivity contribution in [2.45, 2.75) is 96.6 Å². The van der Waals surface area contributed by atoms with E-state index in [0.29, 0.717) is 38.8 Å². The third kappa shape index (κ3) is 13.7. The van der Waals surface area contributed by atoms with Gasteiger partial charge in [0.2, 0.25) is 0 Å². The molecule has 148 valence electrons. The molecule has 2 unspecified atom stereocenters. The van der Waals surface area contributed by atoms with Crippen LogP contribution in [0, 0.1) is 23.2 Å². The number of unbranched alkanes of at least 4 members (excludes halogenated alkanes) is 5. The number of nitriles is 1. The average molecular weight is 365 g/mol. The van der Waals surface area contributed by atoms with E-state index in [9.17, 15) is 9.90 Å². The van der Waals surface area contributed by atoms with E-state index >= 15 is 0 Å². The zero-order valence-electron chi connectivity index (χ0n) is 16.8. The van der Waals surface area contributed by atoms with Crippen molar-refractivity contribution in [3.05, 3.63) is 0 Å². The largest absolute Gasteiger partial charge is 0.465 e. The molecule has 2 atom stereocenters. The fraction of sp³-hybridized carbons (Fsp3) is 0.810. The number of aliphatic hydroxyl groups is 1. The van der Waals surface area contributed by atoms with Gasteiger partial charge in [0.1, 0.15) is 6.04 Å². The maximum Gasteiger partial charge on any atom is 0.324 e. The number of ether oxygens (including phenoxy) is 1. The lowest BCUT2D eigenvalue weighted by Crippen LogP contribution is -2.40. The van der Waals surface area contributed by atoms with E-state index in [1.165, 1.54) is 12.8 Å². The third-order valence-electron chi connectivity index (χ3n) is 4.22. The highest BCUT2D eigenvalue weighted by atomic mass is 16.5. The highest BCUT2D eigenvalue weighted by molar-refractivity contribution is 5.76. The number of hydrogen-bond donors (Lipinski definition) is 2. The summed E-state index contributed by atoms with van der Waals surface area (Å²) in [5.74, 6) is 5.69. The fourth-order valence-electron chi connectivity index (χ4n) is 2.57. The van der Waals surface area contributed by atoms with Crippen LogP contribution in [-0.2, 0) is 9.53 Å². The van der Waals surface area contributed by atoms with Crippen LogP contribution in [0.25, 0.3) is 0 Å². The molecule has 0 aliphatic carbocycles. The summed E-state index contributed by atoms with van der Waals surface area (Å²) in [5, 5.41) is 22.1. The minimum absolute atomic E-state index is 0.304. The first-order valence-corrected chi connectivity index (χ1v) is 9.92. The van der Waals surface area contributed by atoms with E-state index in [-0.39, 0.29) is 5.97 Å². The summed E-state index contributed by atoms with van der Waals surface area (Å²) in [6.45, 7) is 6.69. The quantitative estimate of drug-likeness (QED) is 0.279. The van der Waals surface area contributed by atoms with Gasteiger partial charge in [-0.3, -0.25) is 4.79 Å². The summed E-state index contributed by atoms with van der Waals surface area (Å²) in [4.78, 5) is 12.1. The van der Waals surface area contributed by atoms with Gasteiger partial charge in [0.25, 0.3) is 0 Å². The minimum Gasteiger partial charge on any atom is -0.465 e. The van der Waals surface area contributed by atoms with Crippen molar-refractivity contribution in [3.63, 3.8) is 0 Å². The van der Waals surface area contributed by atoms with Gasteiger partial charge >= 0.3 is 5.97 Å². The molecule has 0 saturated carbocycles. The molecule has 5 nitrogen and oxygen atoms in total. The van der Waals surface area contributed by atoms with Gasteiger partial charge in [-0.2, -0.15) is 5.26 Å². The topological polar surface area (TPSA) is 82.4 Å². The molecule has 0 aliphatic heterocycles. The Labute approximate surface area is 159 Å². The molecule has 26 heavy (non-hydrogen) atoms. The van der Waals surface area contributed by atoms with Gasteiger partial charge in [0.15, 0.2) is 0 Å². The molecule has 0 aromatic heterocycles. The number of carbonyl (C=O) groups is 1. The Morgan fingerprint density at radius 1 is 1.15 bits per heavy atom. The molecule has 0 spiro atoms. The second-order valence-electron chi connectivity index (χ2n) is 6.89. The standard InChI is InChI=1S/C21H36N2O3/c1-4-6-7-12-15-21(3,25)16-18-23-19(20(24)26-5-2)14-11-9-8-10-13-17-22/h19,23,25H,4-8,10,12-16,18H2,1-3H3. The van der Waals surface area contributed by atoms with E-state index in [1.54, 1.807) is 6.92 Å². The number of esters is 1. The van der Waals surface area contributed by atoms with Gasteiger partial charge in [-0.1, -0.05) is 32.6 Å². The fourth-order valence-corrected chi connectivity index (χ4v) is 2.57. The van der Waals surface area contributed by atoms with E-state index in [0.717, 1.165) is 25.7 Å². The molecule has 0 radical (unpaired) electrons. The van der Waals surface area contributed by atoms with Gasteiger partial charge in [-0.25, -0.2) is 0 Å². The monoisotopic (exact) mass is 364 g/mol. The van der Waals surface area contributed by atoms with Crippen LogP contribution in [0.3, 0.4) is 0 Å². The molecule has 2 N–H and O–H groups in total. The third-order valence-corrected chi connectivity index (χ3v) is 4.22. The van der Waals surface area contributed by atoms with E-state index < -0.39 is 11.6 Å². The lowest BCUT2D eigenvalue weighted by Gasteiger charge is -2.24. The maximum absolute atomic E-state index is 12.1. The molecule has 0 bridgehead atoms. The summed E-state index contributed by atoms with van der Waals surface area (Å²) in [6.07, 6.45) is 8.21. The van der Waals surface area contributed by atoms with Crippen LogP contribution in [-0.4, -0.2) is 35.9 Å². The predicted molar refractivity (Wildman–Crippen MR) is 104 cm³/mol. The van der Waals surface area contributed by atoms with Crippen LogP contribution in [0.1, 0.15) is 85.0 Å². The molecule has 0 saturated heterocycles. The van der Waals surface area contributed by atoms with Gasteiger partial charge < -0.3 is 15.2 Å². The summed E-state index contributed by atoms with van der Waals surface area (Å²) in [5.41, 5.74) is -0.719. The number of nitrogens with one attached hydrogen (secondary N) is 1. The Morgan fingerprint density at radius 3 is 2.58 bits per heavy atom. The molecule has 0 rings (SSSR count). The molecule has 0 amide bonds. The molecule has 0 fully saturated rings. The van der Waals surface area contributed by atoms with Gasteiger partial charge in [-0.05, 0) is 39.7 Å². The summed E-state index contributed by atoms with van der Waals surface area (Å²) >= 11 is 0. The maximum atomic E-state index is 12.1. The van der Waals surface area contributed by atoms with Crippen LogP contribution in [0.15, 0.2) is 0 Å². The first-order chi connectivity index (χ1) is 12.5. The van der Waals surface area contributed by atoms with Crippen LogP contribution in [0.2, 0.25) is 0 Å². The molecule has 0 heterocycles. The van der Waals surface area contributed by atoms with Crippen molar-refractivity contribution in [1.82, 2.24) is 5.32 Å². The number of hydrogen-bond acceptors (Lipinski definition) is 5.